The first-order chi connectivity index (χ1) is 11.0. The Balaban J connectivity index is 1.79. The molecule has 1 aromatic heterocycles. The molecule has 6 heteroatoms. The first-order valence-corrected chi connectivity index (χ1v) is 8.86. The zero-order valence-corrected chi connectivity index (χ0v) is 13.3. The van der Waals surface area contributed by atoms with Crippen LogP contribution >= 0.6 is 0 Å². The molecule has 0 atom stereocenters. The van der Waals surface area contributed by atoms with Gasteiger partial charge in [-0.3, -0.25) is 0 Å². The van der Waals surface area contributed by atoms with Crippen molar-refractivity contribution in [2.75, 3.05) is 6.26 Å². The van der Waals surface area contributed by atoms with Crippen molar-refractivity contribution >= 4 is 22.0 Å². The molecule has 3 aromatic rings. The molecule has 0 bridgehead atoms. The zero-order chi connectivity index (χ0) is 16.3. The molecule has 2 aromatic carbocycles. The van der Waals surface area contributed by atoms with Crippen LogP contribution in [0.25, 0.3) is 23.3 Å². The number of hydrogen-bond donors (Lipinski definition) is 1. The smallest absolute Gasteiger partial charge is 0.175 e. The van der Waals surface area contributed by atoms with E-state index in [4.69, 9.17) is 0 Å². The predicted molar refractivity (Wildman–Crippen MR) is 90.3 cm³/mol. The van der Waals surface area contributed by atoms with Crippen LogP contribution in [0.3, 0.4) is 0 Å². The first-order valence-electron chi connectivity index (χ1n) is 6.97. The van der Waals surface area contributed by atoms with Gasteiger partial charge < -0.3 is 0 Å². The van der Waals surface area contributed by atoms with Crippen molar-refractivity contribution in [3.63, 3.8) is 0 Å². The minimum absolute atomic E-state index is 0.327. The van der Waals surface area contributed by atoms with Gasteiger partial charge in [-0.2, -0.15) is 15.4 Å². The van der Waals surface area contributed by atoms with Crippen molar-refractivity contribution in [2.24, 2.45) is 0 Å². The number of hydrogen-bond acceptors (Lipinski definition) is 4. The molecule has 116 valence electrons. The maximum Gasteiger partial charge on any atom is 0.175 e. The lowest BCUT2D eigenvalue weighted by molar-refractivity contribution is 0.602. The van der Waals surface area contributed by atoms with E-state index in [-0.39, 0.29) is 0 Å². The molecular weight excluding hydrogens is 310 g/mol. The third-order valence-electron chi connectivity index (χ3n) is 3.41. The summed E-state index contributed by atoms with van der Waals surface area (Å²) in [5.74, 6) is 0. The van der Waals surface area contributed by atoms with E-state index in [9.17, 15) is 8.42 Å². The Labute approximate surface area is 134 Å². The molecule has 0 unspecified atom stereocenters. The molecule has 0 aliphatic carbocycles. The predicted octanol–water partition coefficient (Wildman–Crippen LogP) is 3.05. The molecule has 0 aliphatic rings. The Bertz CT molecular complexity index is 911. The van der Waals surface area contributed by atoms with E-state index in [1.807, 2.05) is 48.6 Å². The van der Waals surface area contributed by atoms with Gasteiger partial charge in [-0.25, -0.2) is 8.42 Å². The summed E-state index contributed by atoms with van der Waals surface area (Å²) in [6, 6.07) is 14.9. The van der Waals surface area contributed by atoms with Crippen LogP contribution in [0, 0.1) is 0 Å². The molecule has 0 amide bonds. The SMILES string of the molecule is CS(=O)(=O)c1ccc(-c2ccc(C=Cc3cn[nH]n3)cc2)cc1. The highest BCUT2D eigenvalue weighted by Crippen LogP contribution is 2.22. The number of benzene rings is 2. The fourth-order valence-electron chi connectivity index (χ4n) is 2.15. The molecule has 0 saturated carbocycles. The Hall–Kier alpha value is -2.73. The Morgan fingerprint density at radius 2 is 1.52 bits per heavy atom. The van der Waals surface area contributed by atoms with Gasteiger partial charge in [0.1, 0.15) is 5.69 Å². The van der Waals surface area contributed by atoms with Crippen molar-refractivity contribution in [2.45, 2.75) is 4.90 Å². The maximum absolute atomic E-state index is 11.5. The summed E-state index contributed by atoms with van der Waals surface area (Å²) in [6.07, 6.45) is 6.68. The summed E-state index contributed by atoms with van der Waals surface area (Å²) in [5.41, 5.74) is 3.82. The van der Waals surface area contributed by atoms with Gasteiger partial charge in [0.15, 0.2) is 9.84 Å². The molecule has 23 heavy (non-hydrogen) atoms. The van der Waals surface area contributed by atoms with E-state index >= 15 is 0 Å². The van der Waals surface area contributed by atoms with Crippen LogP contribution in [-0.4, -0.2) is 30.1 Å². The summed E-state index contributed by atoms with van der Waals surface area (Å²) < 4.78 is 23.0. The van der Waals surface area contributed by atoms with Gasteiger partial charge in [0.25, 0.3) is 0 Å². The molecule has 0 aliphatic heterocycles. The first kappa shape index (κ1) is 15.2. The highest BCUT2D eigenvalue weighted by molar-refractivity contribution is 7.90. The van der Waals surface area contributed by atoms with Crippen LogP contribution < -0.4 is 0 Å². The third kappa shape index (κ3) is 3.73. The Morgan fingerprint density at radius 3 is 2.04 bits per heavy atom. The average molecular weight is 325 g/mol. The standard InChI is InChI=1S/C17H15N3O2S/c1-23(21,22)17-10-7-15(8-11-17)14-5-2-13(3-6-14)4-9-16-12-18-20-19-16/h2-12H,1H3,(H,18,19,20). The van der Waals surface area contributed by atoms with Crippen molar-refractivity contribution in [1.82, 2.24) is 15.4 Å². The van der Waals surface area contributed by atoms with E-state index in [1.54, 1.807) is 18.3 Å². The molecule has 0 radical (unpaired) electrons. The number of sulfone groups is 1. The number of aromatic nitrogens is 3. The summed E-state index contributed by atoms with van der Waals surface area (Å²) in [5, 5.41) is 10.3. The van der Waals surface area contributed by atoms with Crippen LogP contribution in [0.5, 0.6) is 0 Å². The molecule has 1 N–H and O–H groups in total. The molecule has 0 saturated heterocycles. The minimum Gasteiger partial charge on any atom is -0.224 e. The van der Waals surface area contributed by atoms with Gasteiger partial charge in [0, 0.05) is 6.26 Å². The van der Waals surface area contributed by atoms with E-state index in [2.05, 4.69) is 15.4 Å². The minimum atomic E-state index is -3.16. The highest BCUT2D eigenvalue weighted by Gasteiger charge is 2.06. The third-order valence-corrected chi connectivity index (χ3v) is 4.54. The lowest BCUT2D eigenvalue weighted by atomic mass is 10.0. The lowest BCUT2D eigenvalue weighted by Gasteiger charge is -2.04. The highest BCUT2D eigenvalue weighted by atomic mass is 32.2. The summed E-state index contributed by atoms with van der Waals surface area (Å²) >= 11 is 0. The second kappa shape index (κ2) is 6.18. The normalized spacial score (nSPS) is 11.9. The van der Waals surface area contributed by atoms with Crippen LogP contribution in [-0.2, 0) is 9.84 Å². The largest absolute Gasteiger partial charge is 0.224 e. The fraction of sp³-hybridized carbons (Fsp3) is 0.0588. The fourth-order valence-corrected chi connectivity index (χ4v) is 2.78. The van der Waals surface area contributed by atoms with Crippen LogP contribution in [0.15, 0.2) is 59.6 Å². The molecule has 0 fully saturated rings. The summed E-state index contributed by atoms with van der Waals surface area (Å²) in [7, 11) is -3.16. The van der Waals surface area contributed by atoms with Crippen LogP contribution in [0.4, 0.5) is 0 Å². The second-order valence-corrected chi connectivity index (χ2v) is 7.16. The zero-order valence-electron chi connectivity index (χ0n) is 12.5. The molecule has 0 spiro atoms. The summed E-state index contributed by atoms with van der Waals surface area (Å²) in [6.45, 7) is 0. The Morgan fingerprint density at radius 1 is 0.913 bits per heavy atom. The molecule has 3 rings (SSSR count). The topological polar surface area (TPSA) is 75.7 Å². The van der Waals surface area contributed by atoms with E-state index in [1.165, 1.54) is 6.26 Å². The van der Waals surface area contributed by atoms with Crippen LogP contribution in [0.2, 0.25) is 0 Å². The van der Waals surface area contributed by atoms with Gasteiger partial charge in [-0.1, -0.05) is 42.5 Å². The van der Waals surface area contributed by atoms with Crippen molar-refractivity contribution in [1.29, 1.82) is 0 Å². The molecule has 1 heterocycles. The lowest BCUT2D eigenvalue weighted by Crippen LogP contribution is -1.96. The van der Waals surface area contributed by atoms with Crippen molar-refractivity contribution in [3.05, 3.63) is 66.0 Å². The number of H-pyrrole nitrogens is 1. The number of aromatic amines is 1. The van der Waals surface area contributed by atoms with E-state index in [0.717, 1.165) is 22.4 Å². The monoisotopic (exact) mass is 325 g/mol. The average Bonchev–Trinajstić information content (AvgIpc) is 3.06. The quantitative estimate of drug-likeness (QED) is 0.800. The van der Waals surface area contributed by atoms with Gasteiger partial charge in [-0.05, 0) is 34.9 Å². The van der Waals surface area contributed by atoms with Gasteiger partial charge in [-0.15, -0.1) is 0 Å². The van der Waals surface area contributed by atoms with Gasteiger partial charge in [0.2, 0.25) is 0 Å². The van der Waals surface area contributed by atoms with Gasteiger partial charge in [0.05, 0.1) is 11.1 Å². The van der Waals surface area contributed by atoms with E-state index < -0.39 is 9.84 Å². The van der Waals surface area contributed by atoms with Crippen LogP contribution in [0.1, 0.15) is 11.3 Å². The number of rotatable bonds is 4. The second-order valence-electron chi connectivity index (χ2n) is 5.15. The number of nitrogens with zero attached hydrogens (tertiary/aromatic N) is 2. The van der Waals surface area contributed by atoms with Crippen molar-refractivity contribution < 1.29 is 8.42 Å². The van der Waals surface area contributed by atoms with Crippen molar-refractivity contribution in [3.8, 4) is 11.1 Å². The Kier molecular flexibility index (Phi) is 4.08. The number of nitrogens with one attached hydrogen (secondary N) is 1. The molecular formula is C17H15N3O2S. The summed E-state index contributed by atoms with van der Waals surface area (Å²) in [4.78, 5) is 0.327. The van der Waals surface area contributed by atoms with E-state index in [0.29, 0.717) is 4.90 Å². The van der Waals surface area contributed by atoms with Gasteiger partial charge >= 0.3 is 0 Å². The molecule has 5 nitrogen and oxygen atoms in total. The maximum atomic E-state index is 11.5.